The van der Waals surface area contributed by atoms with Crippen molar-refractivity contribution in [3.8, 4) is 0 Å². The molecule has 0 amide bonds. The van der Waals surface area contributed by atoms with Gasteiger partial charge in [0, 0.05) is 11.5 Å². The van der Waals surface area contributed by atoms with Gasteiger partial charge in [0.2, 0.25) is 0 Å². The fourth-order valence-electron chi connectivity index (χ4n) is 4.32. The minimum atomic E-state index is -0.922. The summed E-state index contributed by atoms with van der Waals surface area (Å²) in [6.07, 6.45) is 15.8. The third-order valence-corrected chi connectivity index (χ3v) is 6.21. The Hall–Kier alpha value is -1.39. The lowest BCUT2D eigenvalue weighted by atomic mass is 10.0. The van der Waals surface area contributed by atoms with Gasteiger partial charge in [-0.1, -0.05) is 122 Å². The molecule has 1 unspecified atom stereocenters. The molecule has 1 aromatic carbocycles. The van der Waals surface area contributed by atoms with Crippen LogP contribution < -0.4 is 5.11 Å². The number of quaternary nitrogens is 1. The average Bonchev–Trinajstić information content (AvgIpc) is 2.75. The summed E-state index contributed by atoms with van der Waals surface area (Å²) in [6, 6.07) is 10.6. The number of hydrogen-bond acceptors (Lipinski definition) is 3. The Morgan fingerprint density at radius 1 is 0.853 bits per heavy atom. The number of unbranched alkanes of at least 4 members (excludes halogenated alkanes) is 9. The van der Waals surface area contributed by atoms with E-state index < -0.39 is 5.97 Å². The molecule has 1 N–H and O–H groups in total. The maximum atomic E-state index is 10.3. The maximum absolute atomic E-state index is 10.3. The standard InChI is InChI=1S/C21H38NO.C9H18O2/c1-4-5-6-7-8-9-10-14-17-21(23)19-22(2,3)18-20-15-12-11-13-16-20;1-8(2)6-4-3-5-7-9(10)11/h11-13,15-16,21,23H,4-10,14,17-19H2,1-3H3;8H,3-7H2,1-2H3,(H,10,11)/q+1;/p-1. The number of carboxylic acid groups (broad SMARTS) is 1. The monoisotopic (exact) mass is 477 g/mol. The van der Waals surface area contributed by atoms with E-state index in [1.165, 1.54) is 63.4 Å². The molecule has 4 nitrogen and oxygen atoms in total. The van der Waals surface area contributed by atoms with Gasteiger partial charge in [0.25, 0.3) is 0 Å². The Morgan fingerprint density at radius 3 is 1.94 bits per heavy atom. The second-order valence-corrected chi connectivity index (χ2v) is 11.0. The van der Waals surface area contributed by atoms with Gasteiger partial charge in [-0.15, -0.1) is 0 Å². The molecule has 0 aromatic heterocycles. The number of carbonyl (C=O) groups is 1. The molecule has 0 fully saturated rings. The summed E-state index contributed by atoms with van der Waals surface area (Å²) in [4.78, 5) is 9.99. The minimum absolute atomic E-state index is 0.172. The first kappa shape index (κ1) is 32.6. The Kier molecular flexibility index (Phi) is 20.1. The predicted octanol–water partition coefficient (Wildman–Crippen LogP) is 6.50. The molecule has 34 heavy (non-hydrogen) atoms. The van der Waals surface area contributed by atoms with Gasteiger partial charge in [0.05, 0.1) is 14.1 Å². The number of rotatable bonds is 19. The van der Waals surface area contributed by atoms with Crippen molar-refractivity contribution in [2.24, 2.45) is 5.92 Å². The van der Waals surface area contributed by atoms with E-state index in [2.05, 4.69) is 65.2 Å². The zero-order chi connectivity index (χ0) is 25.7. The molecule has 4 heteroatoms. The van der Waals surface area contributed by atoms with Gasteiger partial charge >= 0.3 is 0 Å². The van der Waals surface area contributed by atoms with Crippen molar-refractivity contribution in [1.29, 1.82) is 0 Å². The summed E-state index contributed by atoms with van der Waals surface area (Å²) in [5.41, 5.74) is 1.34. The maximum Gasteiger partial charge on any atom is 0.105 e. The molecule has 1 atom stereocenters. The summed E-state index contributed by atoms with van der Waals surface area (Å²) in [5.74, 6) is -0.187. The van der Waals surface area contributed by atoms with E-state index >= 15 is 0 Å². The molecule has 1 aromatic rings. The first-order valence-electron chi connectivity index (χ1n) is 13.9. The summed E-state index contributed by atoms with van der Waals surface area (Å²) >= 11 is 0. The smallest absolute Gasteiger partial charge is 0.105 e. The second-order valence-electron chi connectivity index (χ2n) is 11.0. The first-order valence-corrected chi connectivity index (χ1v) is 13.9. The topological polar surface area (TPSA) is 60.4 Å². The molecule has 0 aliphatic rings. The summed E-state index contributed by atoms with van der Waals surface area (Å²) < 4.78 is 0.849. The molecule has 0 aliphatic carbocycles. The van der Waals surface area contributed by atoms with Crippen LogP contribution in [0.25, 0.3) is 0 Å². The Labute approximate surface area is 211 Å². The molecule has 0 aliphatic heterocycles. The van der Waals surface area contributed by atoms with Gasteiger partial charge in [-0.3, -0.25) is 0 Å². The fourth-order valence-corrected chi connectivity index (χ4v) is 4.32. The van der Waals surface area contributed by atoms with Gasteiger partial charge < -0.3 is 19.5 Å². The van der Waals surface area contributed by atoms with Gasteiger partial charge in [-0.25, -0.2) is 0 Å². The van der Waals surface area contributed by atoms with Gasteiger partial charge in [0.15, 0.2) is 0 Å². The number of benzene rings is 1. The molecule has 0 saturated carbocycles. The molecule has 198 valence electrons. The van der Waals surface area contributed by atoms with Gasteiger partial charge in [0.1, 0.15) is 19.2 Å². The van der Waals surface area contributed by atoms with Crippen molar-refractivity contribution in [2.45, 2.75) is 123 Å². The molecule has 0 saturated heterocycles. The van der Waals surface area contributed by atoms with Crippen LogP contribution in [0.2, 0.25) is 0 Å². The number of carboxylic acids is 1. The molecule has 0 radical (unpaired) electrons. The van der Waals surface area contributed by atoms with E-state index in [0.29, 0.717) is 0 Å². The van der Waals surface area contributed by atoms with Crippen LogP contribution in [0.1, 0.15) is 116 Å². The number of hydrogen-bond donors (Lipinski definition) is 1. The molecular formula is C30H55NO3. The molecule has 0 bridgehead atoms. The van der Waals surface area contributed by atoms with Crippen molar-refractivity contribution in [3.05, 3.63) is 35.9 Å². The van der Waals surface area contributed by atoms with E-state index in [-0.39, 0.29) is 12.5 Å². The van der Waals surface area contributed by atoms with Gasteiger partial charge in [-0.2, -0.15) is 0 Å². The van der Waals surface area contributed by atoms with E-state index in [4.69, 9.17) is 0 Å². The van der Waals surface area contributed by atoms with E-state index in [0.717, 1.165) is 49.2 Å². The first-order chi connectivity index (χ1) is 16.2. The minimum Gasteiger partial charge on any atom is -0.550 e. The van der Waals surface area contributed by atoms with Crippen molar-refractivity contribution in [3.63, 3.8) is 0 Å². The lowest BCUT2D eigenvalue weighted by Gasteiger charge is -2.32. The molecule has 0 spiro atoms. The van der Waals surface area contributed by atoms with Crippen LogP contribution in [0.3, 0.4) is 0 Å². The van der Waals surface area contributed by atoms with Crippen LogP contribution >= 0.6 is 0 Å². The van der Waals surface area contributed by atoms with Crippen molar-refractivity contribution in [2.75, 3.05) is 20.6 Å². The highest BCUT2D eigenvalue weighted by atomic mass is 16.4. The van der Waals surface area contributed by atoms with Crippen LogP contribution in [0.5, 0.6) is 0 Å². The van der Waals surface area contributed by atoms with Crippen LogP contribution in [-0.4, -0.2) is 42.3 Å². The van der Waals surface area contributed by atoms with Crippen LogP contribution in [0.15, 0.2) is 30.3 Å². The number of aliphatic carboxylic acids is 1. The number of carbonyl (C=O) groups excluding carboxylic acids is 1. The highest BCUT2D eigenvalue weighted by Gasteiger charge is 2.20. The van der Waals surface area contributed by atoms with E-state index in [1.54, 1.807) is 0 Å². The third kappa shape index (κ3) is 22.4. The fraction of sp³-hybridized carbons (Fsp3) is 0.767. The summed E-state index contributed by atoms with van der Waals surface area (Å²) in [6.45, 7) is 8.44. The van der Waals surface area contributed by atoms with Crippen LogP contribution in [0.4, 0.5) is 0 Å². The predicted molar refractivity (Wildman–Crippen MR) is 143 cm³/mol. The van der Waals surface area contributed by atoms with E-state index in [1.807, 2.05) is 0 Å². The number of aliphatic hydroxyl groups is 1. The van der Waals surface area contributed by atoms with Crippen LogP contribution in [0, 0.1) is 5.92 Å². The zero-order valence-corrected chi connectivity index (χ0v) is 23.1. The number of aliphatic hydroxyl groups excluding tert-OH is 1. The van der Waals surface area contributed by atoms with Gasteiger partial charge in [-0.05, 0) is 25.2 Å². The Morgan fingerprint density at radius 2 is 1.38 bits per heavy atom. The molecule has 0 heterocycles. The average molecular weight is 478 g/mol. The van der Waals surface area contributed by atoms with E-state index in [9.17, 15) is 15.0 Å². The highest BCUT2D eigenvalue weighted by Crippen LogP contribution is 2.14. The normalized spacial score (nSPS) is 12.3. The zero-order valence-electron chi connectivity index (χ0n) is 23.1. The van der Waals surface area contributed by atoms with Crippen molar-refractivity contribution < 1.29 is 19.5 Å². The second kappa shape index (κ2) is 20.9. The lowest BCUT2D eigenvalue weighted by Crippen LogP contribution is -2.44. The largest absolute Gasteiger partial charge is 0.550 e. The summed E-state index contributed by atoms with van der Waals surface area (Å²) in [7, 11) is 4.42. The number of likely N-dealkylation sites (N-methyl/N-ethyl adjacent to an activating group) is 1. The molecule has 1 rings (SSSR count). The summed E-state index contributed by atoms with van der Waals surface area (Å²) in [5, 5.41) is 20.3. The Balaban J connectivity index is 0.000000833. The highest BCUT2D eigenvalue weighted by molar-refractivity contribution is 5.64. The molecular weight excluding hydrogens is 422 g/mol. The third-order valence-electron chi connectivity index (χ3n) is 6.21. The Bertz CT molecular complexity index is 586. The van der Waals surface area contributed by atoms with Crippen molar-refractivity contribution in [1.82, 2.24) is 0 Å². The van der Waals surface area contributed by atoms with Crippen LogP contribution in [-0.2, 0) is 11.3 Å². The van der Waals surface area contributed by atoms with Crippen molar-refractivity contribution >= 4 is 5.97 Å². The SMILES string of the molecule is CC(C)CCCCCC(=O)[O-].CCCCCCCCCCC(O)C[N+](C)(C)Cc1ccccc1. The quantitative estimate of drug-likeness (QED) is 0.183. The number of nitrogens with zero attached hydrogens (tertiary/aromatic N) is 1. The lowest BCUT2D eigenvalue weighted by molar-refractivity contribution is -0.906.